The summed E-state index contributed by atoms with van der Waals surface area (Å²) in [5.74, 6) is 1.44. The lowest BCUT2D eigenvalue weighted by Gasteiger charge is -2.35. The molecule has 1 aliphatic rings. The minimum atomic E-state index is -0.459. The van der Waals surface area contributed by atoms with Gasteiger partial charge in [-0.05, 0) is 45.2 Å². The van der Waals surface area contributed by atoms with Crippen molar-refractivity contribution >= 4 is 11.3 Å². The number of nitrogens with one attached hydrogen (secondary N) is 1. The molecule has 1 aliphatic carbocycles. The van der Waals surface area contributed by atoms with Crippen molar-refractivity contribution < 1.29 is 0 Å². The molecule has 4 aromatic rings. The molecule has 4 aromatic heterocycles. The van der Waals surface area contributed by atoms with Crippen LogP contribution in [0.1, 0.15) is 44.1 Å². The zero-order valence-corrected chi connectivity index (χ0v) is 16.8. The Morgan fingerprint density at radius 3 is 2.72 bits per heavy atom. The van der Waals surface area contributed by atoms with E-state index in [1.807, 2.05) is 40.8 Å². The van der Waals surface area contributed by atoms with Gasteiger partial charge in [0.2, 0.25) is 5.78 Å². The van der Waals surface area contributed by atoms with Crippen molar-refractivity contribution in [2.75, 3.05) is 7.05 Å². The summed E-state index contributed by atoms with van der Waals surface area (Å²) in [7, 11) is 2.01. The fourth-order valence-electron chi connectivity index (χ4n) is 4.34. The predicted molar refractivity (Wildman–Crippen MR) is 112 cm³/mol. The van der Waals surface area contributed by atoms with Gasteiger partial charge in [0.25, 0.3) is 0 Å². The Bertz CT molecular complexity index is 1170. The first kappa shape index (κ1) is 18.2. The third-order valence-corrected chi connectivity index (χ3v) is 6.26. The van der Waals surface area contributed by atoms with Crippen molar-refractivity contribution in [3.8, 4) is 11.1 Å². The highest BCUT2D eigenvalue weighted by Crippen LogP contribution is 2.33. The molecule has 29 heavy (non-hydrogen) atoms. The summed E-state index contributed by atoms with van der Waals surface area (Å²) in [4.78, 5) is 13.5. The smallest absolute Gasteiger partial charge is 0.233 e. The second kappa shape index (κ2) is 6.89. The Hall–Kier alpha value is -2.84. The van der Waals surface area contributed by atoms with Crippen LogP contribution in [0.15, 0.2) is 37.1 Å². The molecule has 1 fully saturated rings. The van der Waals surface area contributed by atoms with E-state index in [0.717, 1.165) is 66.0 Å². The van der Waals surface area contributed by atoms with Gasteiger partial charge in [-0.1, -0.05) is 6.92 Å². The van der Waals surface area contributed by atoms with Crippen molar-refractivity contribution in [2.45, 2.75) is 50.6 Å². The number of nitrogens with zero attached hydrogens (tertiary/aromatic N) is 6. The molecule has 0 saturated heterocycles. The van der Waals surface area contributed by atoms with Gasteiger partial charge in [-0.15, -0.1) is 0 Å². The number of hydrogen-bond donors (Lipinski definition) is 2. The lowest BCUT2D eigenvalue weighted by molar-refractivity contribution is 0.245. The number of fused-ring (bicyclic) bond motifs is 2. The molecule has 0 aliphatic heterocycles. The minimum absolute atomic E-state index is 0.459. The zero-order valence-electron chi connectivity index (χ0n) is 16.8. The summed E-state index contributed by atoms with van der Waals surface area (Å²) in [6, 6.07) is 2.59. The molecular formula is C21H26N8. The maximum Gasteiger partial charge on any atom is 0.233 e. The first-order chi connectivity index (χ1) is 14.1. The predicted octanol–water partition coefficient (Wildman–Crippen LogP) is 2.32. The molecule has 0 amide bonds. The fraction of sp³-hybridized carbons (Fsp3) is 0.429. The van der Waals surface area contributed by atoms with Crippen LogP contribution in [0.3, 0.4) is 0 Å². The van der Waals surface area contributed by atoms with Crippen LogP contribution in [0.25, 0.3) is 22.4 Å². The fourth-order valence-corrected chi connectivity index (χ4v) is 4.34. The zero-order chi connectivity index (χ0) is 20.0. The van der Waals surface area contributed by atoms with Gasteiger partial charge in [0.15, 0.2) is 5.82 Å². The Labute approximate surface area is 169 Å². The second-order valence-electron chi connectivity index (χ2n) is 7.98. The Balaban J connectivity index is 1.51. The Kier molecular flexibility index (Phi) is 4.33. The molecule has 0 spiro atoms. The van der Waals surface area contributed by atoms with E-state index < -0.39 is 5.54 Å². The molecule has 4 heterocycles. The maximum atomic E-state index is 6.70. The van der Waals surface area contributed by atoms with Crippen LogP contribution in [0.4, 0.5) is 0 Å². The number of imidazole rings is 1. The molecule has 8 heteroatoms. The monoisotopic (exact) mass is 390 g/mol. The summed E-state index contributed by atoms with van der Waals surface area (Å²) >= 11 is 0. The third kappa shape index (κ3) is 2.99. The van der Waals surface area contributed by atoms with Crippen LogP contribution < -0.4 is 11.1 Å². The van der Waals surface area contributed by atoms with Gasteiger partial charge in [-0.25, -0.2) is 19.5 Å². The van der Waals surface area contributed by atoms with E-state index in [0.29, 0.717) is 6.04 Å². The molecule has 5 rings (SSSR count). The van der Waals surface area contributed by atoms with E-state index in [4.69, 9.17) is 10.8 Å². The van der Waals surface area contributed by atoms with E-state index in [-0.39, 0.29) is 0 Å². The van der Waals surface area contributed by atoms with Crippen LogP contribution in [0.5, 0.6) is 0 Å². The van der Waals surface area contributed by atoms with E-state index in [2.05, 4.69) is 39.5 Å². The molecular weight excluding hydrogens is 364 g/mol. The lowest BCUT2D eigenvalue weighted by atomic mass is 9.79. The summed E-state index contributed by atoms with van der Waals surface area (Å²) in [5.41, 5.74) is 10.4. The van der Waals surface area contributed by atoms with Crippen LogP contribution in [0.2, 0.25) is 0 Å². The molecule has 0 bridgehead atoms. The molecule has 0 radical (unpaired) electrons. The largest absolute Gasteiger partial charge is 0.319 e. The maximum absolute atomic E-state index is 6.70. The summed E-state index contributed by atoms with van der Waals surface area (Å²) < 4.78 is 3.93. The molecule has 0 atom stereocenters. The second-order valence-corrected chi connectivity index (χ2v) is 7.98. The third-order valence-electron chi connectivity index (χ3n) is 6.26. The van der Waals surface area contributed by atoms with Crippen molar-refractivity contribution in [1.29, 1.82) is 0 Å². The molecule has 8 nitrogen and oxygen atoms in total. The molecule has 0 unspecified atom stereocenters. The normalized spacial score (nSPS) is 22.5. The highest BCUT2D eigenvalue weighted by Gasteiger charge is 2.35. The molecule has 3 N–H and O–H groups in total. The van der Waals surface area contributed by atoms with Crippen molar-refractivity contribution in [3.63, 3.8) is 0 Å². The van der Waals surface area contributed by atoms with Gasteiger partial charge >= 0.3 is 0 Å². The van der Waals surface area contributed by atoms with Crippen LogP contribution in [0, 0.1) is 0 Å². The van der Waals surface area contributed by atoms with E-state index >= 15 is 0 Å². The van der Waals surface area contributed by atoms with Crippen LogP contribution in [-0.2, 0) is 12.0 Å². The number of rotatable bonds is 4. The first-order valence-electron chi connectivity index (χ1n) is 10.2. The van der Waals surface area contributed by atoms with Gasteiger partial charge < -0.3 is 11.1 Å². The standard InChI is InChI=1S/C21H26N8/c1-3-16-11-26-20-25-10-14(13-28(16)20)17-6-9-29-18(17)12-24-19(27-29)21(22)7-4-15(23-2)5-8-21/h6,9-13,15,23H,3-5,7-8,22H2,1-2H3. The average Bonchev–Trinajstić information content (AvgIpc) is 3.37. The highest BCUT2D eigenvalue weighted by atomic mass is 15.3. The average molecular weight is 390 g/mol. The van der Waals surface area contributed by atoms with Crippen LogP contribution >= 0.6 is 0 Å². The number of aromatic nitrogens is 6. The summed E-state index contributed by atoms with van der Waals surface area (Å²) in [5, 5.41) is 8.12. The number of hydrogen-bond acceptors (Lipinski definition) is 6. The molecule has 1 saturated carbocycles. The highest BCUT2D eigenvalue weighted by molar-refractivity contribution is 5.79. The van der Waals surface area contributed by atoms with Gasteiger partial charge in [0.1, 0.15) is 0 Å². The molecule has 150 valence electrons. The van der Waals surface area contributed by atoms with Crippen molar-refractivity contribution in [2.24, 2.45) is 5.73 Å². The van der Waals surface area contributed by atoms with E-state index in [1.54, 1.807) is 0 Å². The Morgan fingerprint density at radius 1 is 1.17 bits per heavy atom. The van der Waals surface area contributed by atoms with Crippen LogP contribution in [-0.4, -0.2) is 42.1 Å². The van der Waals surface area contributed by atoms with Gasteiger partial charge in [-0.2, -0.15) is 5.10 Å². The minimum Gasteiger partial charge on any atom is -0.319 e. The number of aryl methyl sites for hydroxylation is 1. The van der Waals surface area contributed by atoms with E-state index in [9.17, 15) is 0 Å². The topological polar surface area (TPSA) is 98.4 Å². The van der Waals surface area contributed by atoms with Crippen molar-refractivity contribution in [1.82, 2.24) is 34.3 Å². The quantitative estimate of drug-likeness (QED) is 0.555. The number of nitrogens with two attached hydrogens (primary N) is 1. The SMILES string of the molecule is CCc1cnc2ncc(-c3ccn4nc(C5(N)CCC(NC)CC5)ncc34)cn12. The summed E-state index contributed by atoms with van der Waals surface area (Å²) in [6.07, 6.45) is 14.4. The van der Waals surface area contributed by atoms with Crippen molar-refractivity contribution in [3.05, 3.63) is 48.6 Å². The summed E-state index contributed by atoms with van der Waals surface area (Å²) in [6.45, 7) is 2.12. The van der Waals surface area contributed by atoms with E-state index in [1.165, 1.54) is 0 Å². The molecule has 0 aromatic carbocycles. The Morgan fingerprint density at radius 2 is 1.97 bits per heavy atom. The first-order valence-corrected chi connectivity index (χ1v) is 10.2. The lowest BCUT2D eigenvalue weighted by Crippen LogP contribution is -2.45. The van der Waals surface area contributed by atoms with Gasteiger partial charge in [0, 0.05) is 41.5 Å². The van der Waals surface area contributed by atoms with Gasteiger partial charge in [0.05, 0.1) is 23.4 Å². The van der Waals surface area contributed by atoms with Gasteiger partial charge in [-0.3, -0.25) is 4.40 Å².